The van der Waals surface area contributed by atoms with Gasteiger partial charge in [-0.25, -0.2) is 0 Å². The van der Waals surface area contributed by atoms with E-state index in [1.54, 1.807) is 0 Å². The first-order valence-electron chi connectivity index (χ1n) is 4.54. The van der Waals surface area contributed by atoms with Crippen molar-refractivity contribution in [1.29, 1.82) is 0 Å². The molecular weight excluding hydrogens is 232 g/mol. The Bertz CT molecular complexity index is 200. The molecule has 0 radical (unpaired) electrons. The molecule has 13 heavy (non-hydrogen) atoms. The summed E-state index contributed by atoms with van der Waals surface area (Å²) in [4.78, 5) is 11.5. The molecule has 0 aromatic carbocycles. The number of hydrogen-bond donors (Lipinski definition) is 2. The first-order chi connectivity index (χ1) is 6.20. The lowest BCUT2D eigenvalue weighted by atomic mass is 10.0. The average Bonchev–Trinajstić information content (AvgIpc) is 2.15. The third-order valence-electron chi connectivity index (χ3n) is 2.08. The average molecular weight is 247 g/mol. The highest BCUT2D eigenvalue weighted by Gasteiger charge is 2.19. The lowest BCUT2D eigenvalue weighted by molar-refractivity contribution is -0.123. The molecule has 1 aliphatic rings. The molecule has 1 heterocycles. The van der Waals surface area contributed by atoms with Crippen LogP contribution in [-0.4, -0.2) is 25.0 Å². The summed E-state index contributed by atoms with van der Waals surface area (Å²) in [6.07, 6.45) is 3.26. The fourth-order valence-electron chi connectivity index (χ4n) is 1.38. The van der Waals surface area contributed by atoms with Gasteiger partial charge in [-0.1, -0.05) is 28.9 Å². The summed E-state index contributed by atoms with van der Waals surface area (Å²) in [5, 5.41) is 5.99. The molecule has 0 aromatic heterocycles. The number of nitrogens with one attached hydrogen (secondary N) is 2. The Labute approximate surface area is 87.1 Å². The number of rotatable bonds is 3. The minimum atomic E-state index is 0.000556. The van der Waals surface area contributed by atoms with E-state index in [1.165, 1.54) is 6.42 Å². The maximum absolute atomic E-state index is 11.5. The Morgan fingerprint density at radius 2 is 2.38 bits per heavy atom. The van der Waals surface area contributed by atoms with Crippen LogP contribution in [0, 0.1) is 0 Å². The van der Waals surface area contributed by atoms with Crippen molar-refractivity contribution in [1.82, 2.24) is 10.6 Å². The number of amides is 1. The van der Waals surface area contributed by atoms with Gasteiger partial charge in [-0.15, -0.1) is 0 Å². The van der Waals surface area contributed by atoms with Crippen LogP contribution in [0.15, 0.2) is 11.1 Å². The smallest absolute Gasteiger partial charge is 0.237 e. The van der Waals surface area contributed by atoms with E-state index in [9.17, 15) is 4.79 Å². The van der Waals surface area contributed by atoms with Gasteiger partial charge in [0.1, 0.15) is 0 Å². The molecule has 1 saturated heterocycles. The fourth-order valence-corrected chi connectivity index (χ4v) is 1.52. The van der Waals surface area contributed by atoms with Crippen LogP contribution in [0.1, 0.15) is 19.3 Å². The Morgan fingerprint density at radius 1 is 1.62 bits per heavy atom. The van der Waals surface area contributed by atoms with E-state index in [2.05, 4.69) is 33.1 Å². The minimum absolute atomic E-state index is 0.000556. The van der Waals surface area contributed by atoms with Crippen LogP contribution >= 0.6 is 15.9 Å². The maximum Gasteiger partial charge on any atom is 0.237 e. The van der Waals surface area contributed by atoms with Crippen molar-refractivity contribution < 1.29 is 4.79 Å². The van der Waals surface area contributed by atoms with Crippen LogP contribution in [0.5, 0.6) is 0 Å². The molecule has 74 valence electrons. The Hall–Kier alpha value is -0.350. The van der Waals surface area contributed by atoms with Gasteiger partial charge in [0.2, 0.25) is 5.91 Å². The van der Waals surface area contributed by atoms with E-state index in [0.717, 1.165) is 23.9 Å². The van der Waals surface area contributed by atoms with Gasteiger partial charge in [0.05, 0.1) is 6.04 Å². The highest BCUT2D eigenvalue weighted by molar-refractivity contribution is 9.11. The number of halogens is 1. The number of hydrogen-bond acceptors (Lipinski definition) is 2. The topological polar surface area (TPSA) is 41.1 Å². The third kappa shape index (κ3) is 3.91. The SMILES string of the molecule is C=C(Br)CNC(=O)C1CCCCN1. The standard InChI is InChI=1S/C9H15BrN2O/c1-7(10)6-12-9(13)8-4-2-3-5-11-8/h8,11H,1-6H2,(H,12,13). The van der Waals surface area contributed by atoms with E-state index >= 15 is 0 Å². The molecule has 1 amide bonds. The van der Waals surface area contributed by atoms with E-state index in [1.807, 2.05) is 0 Å². The van der Waals surface area contributed by atoms with E-state index in [-0.39, 0.29) is 11.9 Å². The first-order valence-corrected chi connectivity index (χ1v) is 5.34. The molecule has 1 fully saturated rings. The van der Waals surface area contributed by atoms with Crippen molar-refractivity contribution in [3.8, 4) is 0 Å². The molecule has 1 aliphatic heterocycles. The van der Waals surface area contributed by atoms with Gasteiger partial charge in [-0.05, 0) is 19.4 Å². The summed E-state index contributed by atoms with van der Waals surface area (Å²) in [5.74, 6) is 0.0836. The van der Waals surface area contributed by atoms with E-state index in [4.69, 9.17) is 0 Å². The predicted octanol–water partition coefficient (Wildman–Crippen LogP) is 1.15. The molecule has 1 rings (SSSR count). The summed E-state index contributed by atoms with van der Waals surface area (Å²) in [5.41, 5.74) is 0. The fraction of sp³-hybridized carbons (Fsp3) is 0.667. The van der Waals surface area contributed by atoms with Gasteiger partial charge in [-0.3, -0.25) is 4.79 Å². The first kappa shape index (κ1) is 10.7. The van der Waals surface area contributed by atoms with Gasteiger partial charge in [0.15, 0.2) is 0 Å². The van der Waals surface area contributed by atoms with E-state index < -0.39 is 0 Å². The van der Waals surface area contributed by atoms with E-state index in [0.29, 0.717) is 6.54 Å². The van der Waals surface area contributed by atoms with Gasteiger partial charge >= 0.3 is 0 Å². The molecule has 3 nitrogen and oxygen atoms in total. The van der Waals surface area contributed by atoms with Crippen molar-refractivity contribution in [3.63, 3.8) is 0 Å². The number of carbonyl (C=O) groups excluding carboxylic acids is 1. The Kier molecular flexibility index (Phi) is 4.45. The zero-order valence-electron chi connectivity index (χ0n) is 7.61. The second-order valence-electron chi connectivity index (χ2n) is 3.24. The van der Waals surface area contributed by atoms with Crippen LogP contribution in [-0.2, 0) is 4.79 Å². The lowest BCUT2D eigenvalue weighted by Gasteiger charge is -2.22. The van der Waals surface area contributed by atoms with Crippen LogP contribution < -0.4 is 10.6 Å². The summed E-state index contributed by atoms with van der Waals surface area (Å²) >= 11 is 3.20. The molecule has 0 aromatic rings. The van der Waals surface area contributed by atoms with Crippen molar-refractivity contribution >= 4 is 21.8 Å². The Morgan fingerprint density at radius 3 is 2.92 bits per heavy atom. The normalized spacial score (nSPS) is 22.4. The van der Waals surface area contributed by atoms with Crippen LogP contribution in [0.3, 0.4) is 0 Å². The zero-order chi connectivity index (χ0) is 9.68. The quantitative estimate of drug-likeness (QED) is 0.785. The highest BCUT2D eigenvalue weighted by atomic mass is 79.9. The largest absolute Gasteiger partial charge is 0.350 e. The van der Waals surface area contributed by atoms with Gasteiger partial charge in [-0.2, -0.15) is 0 Å². The van der Waals surface area contributed by atoms with Gasteiger partial charge < -0.3 is 10.6 Å². The van der Waals surface area contributed by atoms with Crippen LogP contribution in [0.25, 0.3) is 0 Å². The van der Waals surface area contributed by atoms with Crippen molar-refractivity contribution in [3.05, 3.63) is 11.1 Å². The lowest BCUT2D eigenvalue weighted by Crippen LogP contribution is -2.46. The second-order valence-corrected chi connectivity index (χ2v) is 4.36. The van der Waals surface area contributed by atoms with Crippen molar-refractivity contribution in [2.24, 2.45) is 0 Å². The molecule has 1 atom stereocenters. The number of piperidine rings is 1. The number of carbonyl (C=O) groups is 1. The molecule has 0 saturated carbocycles. The summed E-state index contributed by atoms with van der Waals surface area (Å²) in [7, 11) is 0. The van der Waals surface area contributed by atoms with Crippen LogP contribution in [0.4, 0.5) is 0 Å². The van der Waals surface area contributed by atoms with Gasteiger partial charge in [0.25, 0.3) is 0 Å². The van der Waals surface area contributed by atoms with Crippen molar-refractivity contribution in [2.75, 3.05) is 13.1 Å². The highest BCUT2D eigenvalue weighted by Crippen LogP contribution is 2.07. The second kappa shape index (κ2) is 5.40. The summed E-state index contributed by atoms with van der Waals surface area (Å²) in [6, 6.07) is 0.000556. The molecule has 0 bridgehead atoms. The van der Waals surface area contributed by atoms with Crippen molar-refractivity contribution in [2.45, 2.75) is 25.3 Å². The predicted molar refractivity (Wildman–Crippen MR) is 56.7 cm³/mol. The maximum atomic E-state index is 11.5. The molecule has 0 aliphatic carbocycles. The monoisotopic (exact) mass is 246 g/mol. The van der Waals surface area contributed by atoms with Crippen LogP contribution in [0.2, 0.25) is 0 Å². The molecule has 1 unspecified atom stereocenters. The molecular formula is C9H15BrN2O. The minimum Gasteiger partial charge on any atom is -0.350 e. The molecule has 4 heteroatoms. The summed E-state index contributed by atoms with van der Waals surface area (Å²) < 4.78 is 0.802. The van der Waals surface area contributed by atoms with Gasteiger partial charge in [0, 0.05) is 11.0 Å². The third-order valence-corrected chi connectivity index (χ3v) is 2.36. The Balaban J connectivity index is 2.25. The summed E-state index contributed by atoms with van der Waals surface area (Å²) in [6.45, 7) is 5.12. The molecule has 2 N–H and O–H groups in total. The zero-order valence-corrected chi connectivity index (χ0v) is 9.19. The molecule has 0 spiro atoms.